The fourth-order valence-corrected chi connectivity index (χ4v) is 5.76. The molecule has 6 nitrogen and oxygen atoms in total. The summed E-state index contributed by atoms with van der Waals surface area (Å²) in [6, 6.07) is 8.27. The number of hydrogen-bond donors (Lipinski definition) is 1. The van der Waals surface area contributed by atoms with E-state index < -0.39 is 39.6 Å². The van der Waals surface area contributed by atoms with E-state index in [1.165, 1.54) is 6.20 Å². The Labute approximate surface area is 163 Å². The number of fused-ring (bicyclic) bond motifs is 7. The number of Topliss-reactive ketones (excluding diaryl/α,β-unsaturated/α-hetero) is 1. The highest BCUT2D eigenvalue weighted by atomic mass is 32.2. The van der Waals surface area contributed by atoms with Crippen molar-refractivity contribution in [3.8, 4) is 0 Å². The Morgan fingerprint density at radius 1 is 0.931 bits per heavy atom. The largest absolute Gasteiger partial charge is 0.416 e. The number of sulfonamides is 1. The van der Waals surface area contributed by atoms with Crippen LogP contribution < -0.4 is 0 Å². The maximum Gasteiger partial charge on any atom is 0.416 e. The van der Waals surface area contributed by atoms with Crippen molar-refractivity contribution in [1.82, 2.24) is 14.5 Å². The molecule has 0 fully saturated rings. The number of hydrogen-bond acceptors (Lipinski definition) is 4. The monoisotopic (exact) mass is 419 g/mol. The lowest BCUT2D eigenvalue weighted by atomic mass is 10.00. The van der Waals surface area contributed by atoms with Crippen molar-refractivity contribution in [3.63, 3.8) is 0 Å². The van der Waals surface area contributed by atoms with Gasteiger partial charge in [0.25, 0.3) is 0 Å². The molecule has 0 aliphatic carbocycles. The van der Waals surface area contributed by atoms with Crippen LogP contribution >= 0.6 is 0 Å². The molecule has 2 unspecified atom stereocenters. The number of nitrogens with zero attached hydrogens (tertiary/aromatic N) is 2. The molecule has 148 valence electrons. The van der Waals surface area contributed by atoms with Gasteiger partial charge in [0.05, 0.1) is 22.7 Å². The Morgan fingerprint density at radius 2 is 1.55 bits per heavy atom. The Hall–Kier alpha value is -2.98. The van der Waals surface area contributed by atoms with Crippen LogP contribution in [0.4, 0.5) is 13.2 Å². The molecular formula is C19H12F3N3O3S. The zero-order chi connectivity index (χ0) is 20.6. The summed E-state index contributed by atoms with van der Waals surface area (Å²) in [5, 5.41) is 6.51. The summed E-state index contributed by atoms with van der Waals surface area (Å²) >= 11 is 0. The summed E-state index contributed by atoms with van der Waals surface area (Å²) in [6.07, 6.45) is -3.17. The predicted molar refractivity (Wildman–Crippen MR) is 94.4 cm³/mol. The average molecular weight is 419 g/mol. The van der Waals surface area contributed by atoms with Crippen LogP contribution in [0.5, 0.6) is 0 Å². The maximum atomic E-state index is 13.4. The van der Waals surface area contributed by atoms with Crippen molar-refractivity contribution < 1.29 is 26.4 Å². The van der Waals surface area contributed by atoms with Crippen LogP contribution in [0.2, 0.25) is 0 Å². The van der Waals surface area contributed by atoms with Gasteiger partial charge in [-0.15, -0.1) is 0 Å². The van der Waals surface area contributed by atoms with Crippen molar-refractivity contribution in [2.45, 2.75) is 23.2 Å². The molecule has 0 saturated carbocycles. The van der Waals surface area contributed by atoms with Gasteiger partial charge in [0.2, 0.25) is 15.8 Å². The molecule has 2 aliphatic heterocycles. The van der Waals surface area contributed by atoms with E-state index in [-0.39, 0.29) is 10.6 Å². The molecule has 3 heterocycles. The number of H-pyrrole nitrogens is 1. The summed E-state index contributed by atoms with van der Waals surface area (Å²) in [6.45, 7) is 0. The second-order valence-corrected chi connectivity index (χ2v) is 8.70. The Kier molecular flexibility index (Phi) is 3.60. The van der Waals surface area contributed by atoms with Gasteiger partial charge in [0, 0.05) is 5.56 Å². The third-order valence-corrected chi connectivity index (χ3v) is 7.15. The lowest BCUT2D eigenvalue weighted by molar-refractivity contribution is -0.137. The number of aromatic nitrogens is 2. The molecule has 0 spiro atoms. The molecule has 0 saturated heterocycles. The Morgan fingerprint density at radius 3 is 2.17 bits per heavy atom. The van der Waals surface area contributed by atoms with E-state index in [9.17, 15) is 26.4 Å². The number of benzene rings is 2. The number of halogens is 3. The van der Waals surface area contributed by atoms with Crippen LogP contribution in [0.25, 0.3) is 0 Å². The third-order valence-electron chi connectivity index (χ3n) is 5.31. The first-order valence-electron chi connectivity index (χ1n) is 8.58. The molecule has 2 aliphatic rings. The molecular weight excluding hydrogens is 407 g/mol. The van der Waals surface area contributed by atoms with Crippen molar-refractivity contribution in [3.05, 3.63) is 82.7 Å². The highest BCUT2D eigenvalue weighted by Crippen LogP contribution is 2.53. The van der Waals surface area contributed by atoms with E-state index in [0.717, 1.165) is 28.6 Å². The quantitative estimate of drug-likeness (QED) is 0.690. The Bertz CT molecular complexity index is 1250. The molecule has 1 N–H and O–H groups in total. The number of ketones is 1. The molecule has 0 radical (unpaired) electrons. The first-order chi connectivity index (χ1) is 13.7. The summed E-state index contributed by atoms with van der Waals surface area (Å²) in [5.41, 5.74) is 0.931. The zero-order valence-electron chi connectivity index (χ0n) is 14.5. The van der Waals surface area contributed by atoms with Crippen molar-refractivity contribution in [1.29, 1.82) is 0 Å². The lowest BCUT2D eigenvalue weighted by Crippen LogP contribution is -2.41. The summed E-state index contributed by atoms with van der Waals surface area (Å²) < 4.78 is 66.5. The van der Waals surface area contributed by atoms with Crippen LogP contribution in [-0.4, -0.2) is 28.7 Å². The number of nitrogens with one attached hydrogen (secondary N) is 1. The molecule has 29 heavy (non-hydrogen) atoms. The normalized spacial score (nSPS) is 21.1. The van der Waals surface area contributed by atoms with E-state index in [2.05, 4.69) is 10.2 Å². The minimum atomic E-state index is -4.58. The highest BCUT2D eigenvalue weighted by molar-refractivity contribution is 7.89. The summed E-state index contributed by atoms with van der Waals surface area (Å²) in [7, 11) is -4.28. The van der Waals surface area contributed by atoms with E-state index >= 15 is 0 Å². The van der Waals surface area contributed by atoms with Crippen molar-refractivity contribution in [2.24, 2.45) is 0 Å². The van der Waals surface area contributed by atoms with Crippen LogP contribution in [0.1, 0.15) is 44.8 Å². The molecule has 3 aromatic rings. The predicted octanol–water partition coefficient (Wildman–Crippen LogP) is 3.46. The number of alkyl halides is 3. The van der Waals surface area contributed by atoms with Gasteiger partial charge in [-0.2, -0.15) is 22.6 Å². The standard InChI is InChI=1S/C19H12F3N3O3S/c20-19(21,22)10-5-7-11(8-6-10)29(27,28)25-16-12-3-1-2-4-13(12)17(25)18(26)15-14(16)9-23-24-15/h1-9,16-17H,(H,23,24). The van der Waals surface area contributed by atoms with Gasteiger partial charge in [-0.3, -0.25) is 9.89 Å². The number of carbonyl (C=O) groups excluding carboxylic acids is 1. The summed E-state index contributed by atoms with van der Waals surface area (Å²) in [4.78, 5) is 12.7. The second kappa shape index (κ2) is 5.77. The minimum absolute atomic E-state index is 0.245. The van der Waals surface area contributed by atoms with Gasteiger partial charge in [0.1, 0.15) is 11.7 Å². The molecule has 10 heteroatoms. The number of carbonyl (C=O) groups is 1. The van der Waals surface area contributed by atoms with Crippen LogP contribution in [0, 0.1) is 0 Å². The molecule has 2 atom stereocenters. The molecule has 5 rings (SSSR count). The SMILES string of the molecule is O=C1c2[nH]ncc2C2c3ccccc3C1N2S(=O)(=O)c1ccc(C(F)(F)F)cc1. The van der Waals surface area contributed by atoms with E-state index in [1.54, 1.807) is 24.3 Å². The fraction of sp³-hybridized carbons (Fsp3) is 0.158. The van der Waals surface area contributed by atoms with Crippen LogP contribution in [0.3, 0.4) is 0 Å². The summed E-state index contributed by atoms with van der Waals surface area (Å²) in [5.74, 6) is -0.450. The van der Waals surface area contributed by atoms with Gasteiger partial charge in [-0.25, -0.2) is 8.42 Å². The maximum absolute atomic E-state index is 13.4. The zero-order valence-corrected chi connectivity index (χ0v) is 15.3. The molecule has 1 aromatic heterocycles. The van der Waals surface area contributed by atoms with Crippen LogP contribution in [0.15, 0.2) is 59.6 Å². The first kappa shape index (κ1) is 18.1. The van der Waals surface area contributed by atoms with Crippen molar-refractivity contribution >= 4 is 15.8 Å². The number of rotatable bonds is 2. The fourth-order valence-electron chi connectivity index (χ4n) is 4.05. The molecule has 0 amide bonds. The van der Waals surface area contributed by atoms with Gasteiger partial charge < -0.3 is 0 Å². The lowest BCUT2D eigenvalue weighted by Gasteiger charge is -2.32. The smallest absolute Gasteiger partial charge is 0.290 e. The second-order valence-electron chi connectivity index (χ2n) is 6.86. The Balaban J connectivity index is 1.68. The van der Waals surface area contributed by atoms with Gasteiger partial charge in [-0.05, 0) is 35.4 Å². The van der Waals surface area contributed by atoms with Gasteiger partial charge in [0.15, 0.2) is 0 Å². The van der Waals surface area contributed by atoms with Crippen LogP contribution in [-0.2, 0) is 16.2 Å². The van der Waals surface area contributed by atoms with Gasteiger partial charge >= 0.3 is 6.18 Å². The average Bonchev–Trinajstić information content (AvgIpc) is 3.28. The first-order valence-corrected chi connectivity index (χ1v) is 10.0. The topological polar surface area (TPSA) is 83.1 Å². The molecule has 2 aromatic carbocycles. The van der Waals surface area contributed by atoms with Crippen molar-refractivity contribution in [2.75, 3.05) is 0 Å². The van der Waals surface area contributed by atoms with Gasteiger partial charge in [-0.1, -0.05) is 24.3 Å². The third kappa shape index (κ3) is 2.42. The minimum Gasteiger partial charge on any atom is -0.290 e. The highest BCUT2D eigenvalue weighted by Gasteiger charge is 2.54. The molecule has 2 bridgehead atoms. The van der Waals surface area contributed by atoms with E-state index in [1.807, 2.05) is 0 Å². The van der Waals surface area contributed by atoms with E-state index in [0.29, 0.717) is 16.7 Å². The number of aromatic amines is 1. The van der Waals surface area contributed by atoms with E-state index in [4.69, 9.17) is 0 Å².